The van der Waals surface area contributed by atoms with Crippen molar-refractivity contribution >= 4 is 24.0 Å². The molecule has 136 valence electrons. The maximum absolute atomic E-state index is 12.6. The minimum Gasteiger partial charge on any atom is -0.349 e. The molecule has 1 aliphatic carbocycles. The van der Waals surface area contributed by atoms with Gasteiger partial charge in [-0.05, 0) is 52.1 Å². The minimum absolute atomic E-state index is 0. The third-order valence-electron chi connectivity index (χ3n) is 5.25. The van der Waals surface area contributed by atoms with Crippen LogP contribution in [0.1, 0.15) is 59.8 Å². The van der Waals surface area contributed by atoms with Gasteiger partial charge in [-0.3, -0.25) is 9.59 Å². The summed E-state index contributed by atoms with van der Waals surface area (Å²) >= 11 is 0. The molecular weight excluding hydrogens is 342 g/mol. The van der Waals surface area contributed by atoms with Crippen molar-refractivity contribution in [2.75, 3.05) is 13.1 Å². The number of nitrogens with one attached hydrogen (secondary N) is 3. The lowest BCUT2D eigenvalue weighted by Crippen LogP contribution is -2.39. The van der Waals surface area contributed by atoms with E-state index in [1.54, 1.807) is 10.6 Å². The van der Waals surface area contributed by atoms with Crippen LogP contribution >= 0.6 is 12.4 Å². The molecule has 0 bridgehead atoms. The Morgan fingerprint density at radius 3 is 2.64 bits per heavy atom. The Labute approximate surface area is 152 Å². The first kappa shape index (κ1) is 17.9. The normalized spacial score (nSPS) is 18.6. The van der Waals surface area contributed by atoms with Crippen LogP contribution in [0.3, 0.4) is 0 Å². The average Bonchev–Trinajstić information content (AvgIpc) is 2.86. The molecule has 0 spiro atoms. The Morgan fingerprint density at radius 2 is 2.00 bits per heavy atom. The van der Waals surface area contributed by atoms with E-state index in [2.05, 4.69) is 20.7 Å². The number of H-pyrrole nitrogens is 1. The molecule has 1 amide bonds. The highest BCUT2D eigenvalue weighted by Gasteiger charge is 2.26. The number of aromatic nitrogens is 3. The Hall–Kier alpha value is -1.86. The highest BCUT2D eigenvalue weighted by atomic mass is 35.5. The number of piperidine rings is 1. The summed E-state index contributed by atoms with van der Waals surface area (Å²) in [5, 5.41) is 10.9. The van der Waals surface area contributed by atoms with Gasteiger partial charge in [0.2, 0.25) is 0 Å². The Kier molecular flexibility index (Phi) is 5.15. The third kappa shape index (κ3) is 3.30. The lowest BCUT2D eigenvalue weighted by atomic mass is 9.93. The quantitative estimate of drug-likeness (QED) is 0.768. The Balaban J connectivity index is 0.00000182. The first-order chi connectivity index (χ1) is 11.6. The molecule has 2 aromatic heterocycles. The van der Waals surface area contributed by atoms with Crippen molar-refractivity contribution in [1.82, 2.24) is 25.2 Å². The van der Waals surface area contributed by atoms with Crippen molar-refractivity contribution in [2.24, 2.45) is 0 Å². The molecule has 4 rings (SSSR count). The van der Waals surface area contributed by atoms with E-state index in [0.29, 0.717) is 16.9 Å². The van der Waals surface area contributed by atoms with Crippen molar-refractivity contribution < 1.29 is 4.79 Å². The number of amides is 1. The van der Waals surface area contributed by atoms with Gasteiger partial charge in [0.25, 0.3) is 11.5 Å². The van der Waals surface area contributed by atoms with Gasteiger partial charge in [-0.2, -0.15) is 5.10 Å². The van der Waals surface area contributed by atoms with E-state index in [4.69, 9.17) is 0 Å². The fourth-order valence-corrected chi connectivity index (χ4v) is 3.67. The summed E-state index contributed by atoms with van der Waals surface area (Å²) in [6.07, 6.45) is 5.17. The average molecular weight is 366 g/mol. The fraction of sp³-hybridized carbons (Fsp3) is 0.588. The smallest absolute Gasteiger partial charge is 0.257 e. The highest BCUT2D eigenvalue weighted by Crippen LogP contribution is 2.26. The number of aryl methyl sites for hydroxylation is 1. The molecule has 3 N–H and O–H groups in total. The lowest BCUT2D eigenvalue weighted by Gasteiger charge is -2.26. The topological polar surface area (TPSA) is 91.3 Å². The maximum Gasteiger partial charge on any atom is 0.257 e. The van der Waals surface area contributed by atoms with Crippen LogP contribution < -0.4 is 16.2 Å². The van der Waals surface area contributed by atoms with E-state index < -0.39 is 0 Å². The molecular formula is C17H24ClN5O2. The predicted octanol–water partition coefficient (Wildman–Crippen LogP) is 1.50. The molecule has 1 saturated carbocycles. The maximum atomic E-state index is 12.6. The second kappa shape index (κ2) is 7.17. The number of carbonyl (C=O) groups excluding carboxylic acids is 1. The van der Waals surface area contributed by atoms with Crippen LogP contribution in [0.5, 0.6) is 0 Å². The summed E-state index contributed by atoms with van der Waals surface area (Å²) in [6, 6.07) is 1.88. The zero-order valence-electron chi connectivity index (χ0n) is 14.3. The van der Waals surface area contributed by atoms with Crippen LogP contribution in [0.4, 0.5) is 0 Å². The van der Waals surface area contributed by atoms with Gasteiger partial charge < -0.3 is 15.6 Å². The van der Waals surface area contributed by atoms with Crippen molar-refractivity contribution in [3.63, 3.8) is 0 Å². The second-order valence-corrected chi connectivity index (χ2v) is 6.90. The monoisotopic (exact) mass is 365 g/mol. The number of nitrogens with zero attached hydrogens (tertiary/aromatic N) is 2. The molecule has 7 nitrogen and oxygen atoms in total. The lowest BCUT2D eigenvalue weighted by molar-refractivity contribution is 0.0918. The van der Waals surface area contributed by atoms with E-state index in [9.17, 15) is 9.59 Å². The van der Waals surface area contributed by atoms with Gasteiger partial charge in [0.05, 0.1) is 11.4 Å². The van der Waals surface area contributed by atoms with E-state index in [1.807, 2.05) is 6.92 Å². The van der Waals surface area contributed by atoms with Gasteiger partial charge in [0, 0.05) is 18.0 Å². The van der Waals surface area contributed by atoms with E-state index in [1.165, 1.54) is 0 Å². The molecule has 8 heteroatoms. The summed E-state index contributed by atoms with van der Waals surface area (Å²) < 4.78 is 1.77. The second-order valence-electron chi connectivity index (χ2n) is 6.90. The fourth-order valence-electron chi connectivity index (χ4n) is 3.67. The number of fused-ring (bicyclic) bond motifs is 1. The molecule has 1 aliphatic heterocycles. The number of hydrogen-bond acceptors (Lipinski definition) is 4. The van der Waals surface area contributed by atoms with Crippen molar-refractivity contribution in [3.8, 4) is 0 Å². The van der Waals surface area contributed by atoms with Crippen molar-refractivity contribution in [2.45, 2.75) is 51.0 Å². The number of carbonyl (C=O) groups is 1. The van der Waals surface area contributed by atoms with Crippen molar-refractivity contribution in [1.29, 1.82) is 0 Å². The number of aromatic amines is 1. The molecule has 0 aromatic carbocycles. The van der Waals surface area contributed by atoms with Crippen molar-refractivity contribution in [3.05, 3.63) is 33.4 Å². The molecule has 0 unspecified atom stereocenters. The summed E-state index contributed by atoms with van der Waals surface area (Å²) in [5.41, 5.74) is 2.40. The summed E-state index contributed by atoms with van der Waals surface area (Å²) in [7, 11) is 0. The van der Waals surface area contributed by atoms with E-state index in [0.717, 1.165) is 50.9 Å². The molecule has 2 aliphatic rings. The number of rotatable bonds is 3. The Morgan fingerprint density at radius 1 is 1.28 bits per heavy atom. The SMILES string of the molecule is Cc1nn2c(C3CCNCC3)cc(=O)[nH]c2c1C(=O)NC1CCC1.Cl. The highest BCUT2D eigenvalue weighted by molar-refractivity contribution is 6.01. The van der Waals surface area contributed by atoms with E-state index in [-0.39, 0.29) is 35.8 Å². The van der Waals surface area contributed by atoms with Gasteiger partial charge in [-0.25, -0.2) is 4.52 Å². The summed E-state index contributed by atoms with van der Waals surface area (Å²) in [6.45, 7) is 3.70. The van der Waals surface area contributed by atoms with Crippen LogP contribution in [0, 0.1) is 6.92 Å². The van der Waals surface area contributed by atoms with Crippen LogP contribution in [-0.4, -0.2) is 39.6 Å². The standard InChI is InChI=1S/C17H23N5O2.ClH/c1-10-15(17(24)19-12-3-2-4-12)16-20-14(23)9-13(22(16)21-10)11-5-7-18-8-6-11;/h9,11-12,18H,2-8H2,1H3,(H,19,24)(H,20,23);1H. The van der Waals surface area contributed by atoms with Gasteiger partial charge in [-0.15, -0.1) is 12.4 Å². The zero-order chi connectivity index (χ0) is 16.7. The summed E-state index contributed by atoms with van der Waals surface area (Å²) in [4.78, 5) is 27.6. The van der Waals surface area contributed by atoms with Crippen LogP contribution in [0.2, 0.25) is 0 Å². The van der Waals surface area contributed by atoms with Gasteiger partial charge in [0.15, 0.2) is 0 Å². The minimum atomic E-state index is -0.173. The first-order valence-electron chi connectivity index (χ1n) is 8.77. The molecule has 3 heterocycles. The van der Waals surface area contributed by atoms with Gasteiger partial charge in [0.1, 0.15) is 11.2 Å². The summed E-state index contributed by atoms with van der Waals surface area (Å²) in [5.74, 6) is 0.156. The molecule has 25 heavy (non-hydrogen) atoms. The first-order valence-corrected chi connectivity index (χ1v) is 8.77. The van der Waals surface area contributed by atoms with Gasteiger partial charge >= 0.3 is 0 Å². The number of halogens is 1. The molecule has 0 radical (unpaired) electrons. The molecule has 0 atom stereocenters. The van der Waals surface area contributed by atoms with Crippen LogP contribution in [-0.2, 0) is 0 Å². The third-order valence-corrected chi connectivity index (χ3v) is 5.25. The zero-order valence-corrected chi connectivity index (χ0v) is 15.1. The van der Waals surface area contributed by atoms with Gasteiger partial charge in [-0.1, -0.05) is 0 Å². The molecule has 1 saturated heterocycles. The van der Waals surface area contributed by atoms with Crippen LogP contribution in [0.25, 0.3) is 5.65 Å². The Bertz CT molecular complexity index is 833. The van der Waals surface area contributed by atoms with Crippen LogP contribution in [0.15, 0.2) is 10.9 Å². The molecule has 2 aromatic rings. The number of hydrogen-bond donors (Lipinski definition) is 3. The molecule has 2 fully saturated rings. The van der Waals surface area contributed by atoms with E-state index >= 15 is 0 Å². The predicted molar refractivity (Wildman–Crippen MR) is 97.7 cm³/mol. The largest absolute Gasteiger partial charge is 0.349 e.